The van der Waals surface area contributed by atoms with Gasteiger partial charge < -0.3 is 10.6 Å². The highest BCUT2D eigenvalue weighted by atomic mass is 32.1. The molecule has 3 nitrogen and oxygen atoms in total. The summed E-state index contributed by atoms with van der Waals surface area (Å²) in [5.41, 5.74) is 2.90. The zero-order valence-electron chi connectivity index (χ0n) is 13.5. The summed E-state index contributed by atoms with van der Waals surface area (Å²) in [4.78, 5) is 2.55. The molecule has 2 unspecified atom stereocenters. The number of rotatable bonds is 4. The van der Waals surface area contributed by atoms with Crippen molar-refractivity contribution in [1.29, 1.82) is 0 Å². The molecule has 2 N–H and O–H groups in total. The summed E-state index contributed by atoms with van der Waals surface area (Å²) in [7, 11) is 0. The number of hydrogen-bond donors (Lipinski definition) is 2. The Hall–Kier alpha value is -1.13. The van der Waals surface area contributed by atoms with Crippen LogP contribution < -0.4 is 10.6 Å². The monoisotopic (exact) mass is 317 g/mol. The number of likely N-dealkylation sites (N-methyl/N-ethyl adjacent to an activating group) is 1. The molecule has 0 amide bonds. The van der Waals surface area contributed by atoms with E-state index in [0.717, 1.165) is 18.2 Å². The van der Waals surface area contributed by atoms with Gasteiger partial charge in [0, 0.05) is 12.6 Å². The van der Waals surface area contributed by atoms with Crippen LogP contribution in [0.15, 0.2) is 24.3 Å². The van der Waals surface area contributed by atoms with E-state index < -0.39 is 0 Å². The molecule has 1 heterocycles. The summed E-state index contributed by atoms with van der Waals surface area (Å²) in [6.07, 6.45) is 6.21. The first-order valence-electron chi connectivity index (χ1n) is 8.64. The highest BCUT2D eigenvalue weighted by Crippen LogP contribution is 2.29. The third kappa shape index (κ3) is 3.61. The smallest absolute Gasteiger partial charge is 0.166 e. The Bertz CT molecular complexity index is 517. The minimum Gasteiger partial charge on any atom is -0.361 e. The van der Waals surface area contributed by atoms with Crippen LogP contribution in [0.25, 0.3) is 0 Å². The highest BCUT2D eigenvalue weighted by Gasteiger charge is 2.24. The van der Waals surface area contributed by atoms with E-state index in [2.05, 4.69) is 46.7 Å². The summed E-state index contributed by atoms with van der Waals surface area (Å²) < 4.78 is 0. The molecular weight excluding hydrogens is 290 g/mol. The molecule has 4 heteroatoms. The van der Waals surface area contributed by atoms with E-state index in [-0.39, 0.29) is 0 Å². The van der Waals surface area contributed by atoms with E-state index in [1.807, 2.05) is 0 Å². The Labute approximate surface area is 139 Å². The molecule has 1 aromatic rings. The van der Waals surface area contributed by atoms with Crippen LogP contribution in [0.4, 0.5) is 0 Å². The lowest BCUT2D eigenvalue weighted by Gasteiger charge is -2.29. The third-order valence-electron chi connectivity index (χ3n) is 5.08. The zero-order chi connectivity index (χ0) is 15.4. The molecule has 2 atom stereocenters. The summed E-state index contributed by atoms with van der Waals surface area (Å²) in [5, 5.41) is 7.79. The van der Waals surface area contributed by atoms with Crippen molar-refractivity contribution in [3.63, 3.8) is 0 Å². The molecular formula is C18H27N3S. The number of nitrogens with zero attached hydrogens (tertiary/aromatic N) is 1. The van der Waals surface area contributed by atoms with Crippen LogP contribution in [0.1, 0.15) is 49.8 Å². The minimum absolute atomic E-state index is 0.371. The second-order valence-electron chi connectivity index (χ2n) is 6.42. The maximum Gasteiger partial charge on any atom is 0.166 e. The first-order valence-corrected chi connectivity index (χ1v) is 9.05. The largest absolute Gasteiger partial charge is 0.361 e. The first-order chi connectivity index (χ1) is 10.8. The van der Waals surface area contributed by atoms with E-state index >= 15 is 0 Å². The van der Waals surface area contributed by atoms with Crippen LogP contribution in [0.2, 0.25) is 0 Å². The molecule has 22 heavy (non-hydrogen) atoms. The number of aryl methyl sites for hydroxylation is 1. The molecule has 120 valence electrons. The topological polar surface area (TPSA) is 27.3 Å². The third-order valence-corrected chi connectivity index (χ3v) is 5.34. The SMILES string of the molecule is CCN1CCCC1CNC(=S)NC1CCCc2ccccc21. The van der Waals surface area contributed by atoms with Gasteiger partial charge in [-0.2, -0.15) is 0 Å². The lowest BCUT2D eigenvalue weighted by atomic mass is 9.88. The van der Waals surface area contributed by atoms with Crippen molar-refractivity contribution in [2.24, 2.45) is 0 Å². The van der Waals surface area contributed by atoms with Gasteiger partial charge in [0.05, 0.1) is 6.04 Å². The molecule has 0 saturated carbocycles. The van der Waals surface area contributed by atoms with E-state index in [4.69, 9.17) is 12.2 Å². The summed E-state index contributed by atoms with van der Waals surface area (Å²) in [6, 6.07) is 9.77. The van der Waals surface area contributed by atoms with E-state index in [1.165, 1.54) is 49.8 Å². The molecule has 0 aromatic heterocycles. The second kappa shape index (κ2) is 7.42. The number of thiocarbonyl (C=S) groups is 1. The van der Waals surface area contributed by atoms with Gasteiger partial charge in [0.2, 0.25) is 0 Å². The van der Waals surface area contributed by atoms with Gasteiger partial charge in [-0.3, -0.25) is 4.90 Å². The van der Waals surface area contributed by atoms with Gasteiger partial charge in [0.1, 0.15) is 0 Å². The van der Waals surface area contributed by atoms with E-state index in [1.54, 1.807) is 0 Å². The van der Waals surface area contributed by atoms with Gasteiger partial charge >= 0.3 is 0 Å². The van der Waals surface area contributed by atoms with Crippen molar-refractivity contribution < 1.29 is 0 Å². The molecule has 2 aliphatic rings. The fourth-order valence-corrected chi connectivity index (χ4v) is 4.09. The molecule has 1 saturated heterocycles. The van der Waals surface area contributed by atoms with E-state index in [9.17, 15) is 0 Å². The molecule has 1 aliphatic heterocycles. The number of nitrogens with one attached hydrogen (secondary N) is 2. The highest BCUT2D eigenvalue weighted by molar-refractivity contribution is 7.80. The van der Waals surface area contributed by atoms with Crippen LogP contribution in [0, 0.1) is 0 Å². The van der Waals surface area contributed by atoms with Crippen LogP contribution in [0.3, 0.4) is 0 Å². The lowest BCUT2D eigenvalue weighted by Crippen LogP contribution is -2.45. The Morgan fingerprint density at radius 1 is 1.27 bits per heavy atom. The van der Waals surface area contributed by atoms with Crippen LogP contribution >= 0.6 is 12.2 Å². The van der Waals surface area contributed by atoms with Gasteiger partial charge in [-0.1, -0.05) is 31.2 Å². The maximum atomic E-state index is 5.53. The standard InChI is InChI=1S/C18H27N3S/c1-2-21-12-6-9-15(21)13-19-18(22)20-17-11-5-8-14-7-3-4-10-16(14)17/h3-4,7,10,15,17H,2,5-6,8-9,11-13H2,1H3,(H2,19,20,22). The van der Waals surface area contributed by atoms with Crippen molar-refractivity contribution in [2.75, 3.05) is 19.6 Å². The number of fused-ring (bicyclic) bond motifs is 1. The molecule has 1 fully saturated rings. The lowest BCUT2D eigenvalue weighted by molar-refractivity contribution is 0.267. The predicted octanol–water partition coefficient (Wildman–Crippen LogP) is 3.01. The Morgan fingerprint density at radius 2 is 2.14 bits per heavy atom. The van der Waals surface area contributed by atoms with E-state index in [0.29, 0.717) is 12.1 Å². The Kier molecular flexibility index (Phi) is 5.32. The average Bonchev–Trinajstić information content (AvgIpc) is 3.01. The summed E-state index contributed by atoms with van der Waals surface area (Å²) in [5.74, 6) is 0. The molecule has 3 rings (SSSR count). The quantitative estimate of drug-likeness (QED) is 0.835. The van der Waals surface area contributed by atoms with Crippen molar-refractivity contribution in [3.05, 3.63) is 35.4 Å². The predicted molar refractivity (Wildman–Crippen MR) is 96.1 cm³/mol. The molecule has 0 bridgehead atoms. The number of benzene rings is 1. The summed E-state index contributed by atoms with van der Waals surface area (Å²) in [6.45, 7) is 5.59. The second-order valence-corrected chi connectivity index (χ2v) is 6.83. The minimum atomic E-state index is 0.371. The van der Waals surface area contributed by atoms with Crippen LogP contribution in [0.5, 0.6) is 0 Å². The fraction of sp³-hybridized carbons (Fsp3) is 0.611. The van der Waals surface area contributed by atoms with Crippen molar-refractivity contribution >= 4 is 17.3 Å². The van der Waals surface area contributed by atoms with Gasteiger partial charge in [0.25, 0.3) is 0 Å². The fourth-order valence-electron chi connectivity index (χ4n) is 3.87. The molecule has 1 aliphatic carbocycles. The van der Waals surface area contributed by atoms with Crippen molar-refractivity contribution in [1.82, 2.24) is 15.5 Å². The first kappa shape index (κ1) is 15.8. The Morgan fingerprint density at radius 3 is 3.00 bits per heavy atom. The molecule has 1 aromatic carbocycles. The molecule has 0 radical (unpaired) electrons. The average molecular weight is 318 g/mol. The summed E-state index contributed by atoms with van der Waals surface area (Å²) >= 11 is 5.53. The van der Waals surface area contributed by atoms with Gasteiger partial charge in [0.15, 0.2) is 5.11 Å². The van der Waals surface area contributed by atoms with Gasteiger partial charge in [-0.15, -0.1) is 0 Å². The van der Waals surface area contributed by atoms with Crippen molar-refractivity contribution in [3.8, 4) is 0 Å². The number of hydrogen-bond acceptors (Lipinski definition) is 2. The number of likely N-dealkylation sites (tertiary alicyclic amines) is 1. The Balaban J connectivity index is 1.52. The van der Waals surface area contributed by atoms with Gasteiger partial charge in [-0.05, 0) is 68.5 Å². The maximum absolute atomic E-state index is 5.53. The normalized spacial score (nSPS) is 24.8. The van der Waals surface area contributed by atoms with Crippen LogP contribution in [-0.2, 0) is 6.42 Å². The van der Waals surface area contributed by atoms with Gasteiger partial charge in [-0.25, -0.2) is 0 Å². The van der Waals surface area contributed by atoms with Crippen LogP contribution in [-0.4, -0.2) is 35.7 Å². The zero-order valence-corrected chi connectivity index (χ0v) is 14.3. The molecule has 0 spiro atoms. The van der Waals surface area contributed by atoms with Crippen molar-refractivity contribution in [2.45, 2.75) is 51.1 Å².